The summed E-state index contributed by atoms with van der Waals surface area (Å²) in [7, 11) is 1.58. The maximum absolute atomic E-state index is 11.2. The van der Waals surface area contributed by atoms with Gasteiger partial charge in [-0.3, -0.25) is 4.79 Å². The summed E-state index contributed by atoms with van der Waals surface area (Å²) in [5.74, 6) is 0.397. The van der Waals surface area contributed by atoms with Crippen LogP contribution in [0.1, 0.15) is 11.1 Å². The number of carbonyl (C=O) groups excluding carboxylic acids is 1. The number of benzene rings is 1. The first-order chi connectivity index (χ1) is 7.10. The molecule has 0 aliphatic rings. The van der Waals surface area contributed by atoms with Crippen LogP contribution in [0.2, 0.25) is 0 Å². The molecule has 4 heteroatoms. The molecule has 0 radical (unpaired) electrons. The second-order valence-corrected chi connectivity index (χ2v) is 3.56. The third-order valence-electron chi connectivity index (χ3n) is 2.15. The smallest absolute Gasteiger partial charge is 0.239 e. The molecule has 1 amide bonds. The topological polar surface area (TPSA) is 38.3 Å². The summed E-state index contributed by atoms with van der Waals surface area (Å²) in [6, 6.07) is 3.88. The number of anilines is 1. The van der Waals surface area contributed by atoms with E-state index < -0.39 is 0 Å². The Bertz CT molecular complexity index is 377. The average molecular weight is 228 g/mol. The van der Waals surface area contributed by atoms with Crippen molar-refractivity contribution in [3.63, 3.8) is 0 Å². The Morgan fingerprint density at radius 2 is 2.00 bits per heavy atom. The monoisotopic (exact) mass is 227 g/mol. The summed E-state index contributed by atoms with van der Waals surface area (Å²) in [4.78, 5) is 11.2. The maximum atomic E-state index is 11.2. The summed E-state index contributed by atoms with van der Waals surface area (Å²) in [6.07, 6.45) is 0. The molecule has 0 unspecified atom stereocenters. The average Bonchev–Trinajstić information content (AvgIpc) is 2.23. The Morgan fingerprint density at radius 3 is 2.53 bits per heavy atom. The van der Waals surface area contributed by atoms with Crippen molar-refractivity contribution in [2.75, 3.05) is 18.3 Å². The van der Waals surface area contributed by atoms with Crippen molar-refractivity contribution in [3.05, 3.63) is 23.3 Å². The number of amides is 1. The van der Waals surface area contributed by atoms with E-state index in [0.717, 1.165) is 11.1 Å². The molecular weight excluding hydrogens is 214 g/mol. The van der Waals surface area contributed by atoms with Gasteiger partial charge in [0.15, 0.2) is 0 Å². The van der Waals surface area contributed by atoms with Gasteiger partial charge in [0.05, 0.1) is 12.8 Å². The summed E-state index contributed by atoms with van der Waals surface area (Å²) >= 11 is 5.44. The summed E-state index contributed by atoms with van der Waals surface area (Å²) in [5, 5.41) is 2.72. The highest BCUT2D eigenvalue weighted by Gasteiger charge is 2.11. The van der Waals surface area contributed by atoms with Gasteiger partial charge in [0.25, 0.3) is 0 Å². The molecule has 82 valence electrons. The van der Waals surface area contributed by atoms with Crippen molar-refractivity contribution >= 4 is 23.2 Å². The predicted octanol–water partition coefficient (Wildman–Crippen LogP) is 2.49. The molecule has 15 heavy (non-hydrogen) atoms. The number of methoxy groups -OCH3 is 1. The normalized spacial score (nSPS) is 9.87. The maximum Gasteiger partial charge on any atom is 0.239 e. The minimum Gasteiger partial charge on any atom is -0.494 e. The first-order valence-electron chi connectivity index (χ1n) is 4.60. The Hall–Kier alpha value is -1.22. The van der Waals surface area contributed by atoms with Crippen LogP contribution in [0.15, 0.2) is 12.1 Å². The van der Waals surface area contributed by atoms with Crippen LogP contribution in [-0.2, 0) is 4.79 Å². The van der Waals surface area contributed by atoms with Crippen molar-refractivity contribution in [2.24, 2.45) is 0 Å². The summed E-state index contributed by atoms with van der Waals surface area (Å²) in [6.45, 7) is 3.83. The zero-order valence-corrected chi connectivity index (χ0v) is 9.81. The van der Waals surface area contributed by atoms with E-state index in [0.29, 0.717) is 11.4 Å². The van der Waals surface area contributed by atoms with Gasteiger partial charge >= 0.3 is 0 Å². The number of rotatable bonds is 3. The van der Waals surface area contributed by atoms with Gasteiger partial charge in [0.2, 0.25) is 5.91 Å². The molecule has 0 saturated carbocycles. The molecule has 0 aliphatic heterocycles. The fourth-order valence-electron chi connectivity index (χ4n) is 1.38. The van der Waals surface area contributed by atoms with Crippen LogP contribution in [0.3, 0.4) is 0 Å². The highest BCUT2D eigenvalue weighted by atomic mass is 35.5. The van der Waals surface area contributed by atoms with Crippen molar-refractivity contribution < 1.29 is 9.53 Å². The number of aryl methyl sites for hydroxylation is 2. The van der Waals surface area contributed by atoms with Gasteiger partial charge in [-0.05, 0) is 25.0 Å². The van der Waals surface area contributed by atoms with E-state index in [2.05, 4.69) is 5.32 Å². The lowest BCUT2D eigenvalue weighted by Crippen LogP contribution is -2.14. The molecule has 0 heterocycles. The Morgan fingerprint density at radius 1 is 1.40 bits per heavy atom. The molecule has 0 spiro atoms. The molecule has 0 aliphatic carbocycles. The van der Waals surface area contributed by atoms with E-state index in [9.17, 15) is 4.79 Å². The summed E-state index contributed by atoms with van der Waals surface area (Å²) in [5.41, 5.74) is 2.63. The van der Waals surface area contributed by atoms with Crippen LogP contribution >= 0.6 is 11.6 Å². The number of hydrogen-bond donors (Lipinski definition) is 1. The number of nitrogens with one attached hydrogen (secondary N) is 1. The molecule has 0 atom stereocenters. The van der Waals surface area contributed by atoms with Crippen molar-refractivity contribution in [3.8, 4) is 5.75 Å². The number of alkyl halides is 1. The highest BCUT2D eigenvalue weighted by molar-refractivity contribution is 6.29. The van der Waals surface area contributed by atoms with Crippen LogP contribution in [0.4, 0.5) is 5.69 Å². The van der Waals surface area contributed by atoms with E-state index >= 15 is 0 Å². The minimum atomic E-state index is -0.233. The molecule has 1 aromatic carbocycles. The number of halogens is 1. The van der Waals surface area contributed by atoms with E-state index in [1.165, 1.54) is 0 Å². The van der Waals surface area contributed by atoms with Crippen LogP contribution in [-0.4, -0.2) is 18.9 Å². The summed E-state index contributed by atoms with van der Waals surface area (Å²) < 4.78 is 5.24. The lowest BCUT2D eigenvalue weighted by atomic mass is 10.1. The van der Waals surface area contributed by atoms with Gasteiger partial charge in [-0.2, -0.15) is 0 Å². The van der Waals surface area contributed by atoms with Crippen molar-refractivity contribution in [1.82, 2.24) is 0 Å². The lowest BCUT2D eigenvalue weighted by molar-refractivity contribution is -0.113. The third kappa shape index (κ3) is 2.63. The molecule has 0 aromatic heterocycles. The van der Waals surface area contributed by atoms with Crippen LogP contribution in [0, 0.1) is 13.8 Å². The zero-order valence-electron chi connectivity index (χ0n) is 9.06. The van der Waals surface area contributed by atoms with Crippen molar-refractivity contribution in [2.45, 2.75) is 13.8 Å². The third-order valence-corrected chi connectivity index (χ3v) is 2.40. The number of hydrogen-bond acceptors (Lipinski definition) is 2. The van der Waals surface area contributed by atoms with E-state index in [4.69, 9.17) is 16.3 Å². The molecule has 0 saturated heterocycles. The molecule has 3 nitrogen and oxygen atoms in total. The van der Waals surface area contributed by atoms with E-state index in [1.807, 2.05) is 26.0 Å². The van der Waals surface area contributed by atoms with Gasteiger partial charge in [0, 0.05) is 0 Å². The first-order valence-corrected chi connectivity index (χ1v) is 5.13. The number of carbonyl (C=O) groups is 1. The van der Waals surface area contributed by atoms with E-state index in [1.54, 1.807) is 7.11 Å². The Labute approximate surface area is 94.4 Å². The largest absolute Gasteiger partial charge is 0.494 e. The molecule has 1 N–H and O–H groups in total. The van der Waals surface area contributed by atoms with Gasteiger partial charge in [0.1, 0.15) is 11.6 Å². The second kappa shape index (κ2) is 5.03. The molecule has 1 rings (SSSR count). The fourth-order valence-corrected chi connectivity index (χ4v) is 1.44. The molecule has 0 fully saturated rings. The molecule has 0 bridgehead atoms. The van der Waals surface area contributed by atoms with Gasteiger partial charge in [-0.15, -0.1) is 11.6 Å². The first kappa shape index (κ1) is 11.9. The van der Waals surface area contributed by atoms with Crippen LogP contribution < -0.4 is 10.1 Å². The predicted molar refractivity (Wildman–Crippen MR) is 61.8 cm³/mol. The van der Waals surface area contributed by atoms with Gasteiger partial charge < -0.3 is 10.1 Å². The fraction of sp³-hybridized carbons (Fsp3) is 0.364. The van der Waals surface area contributed by atoms with Gasteiger partial charge in [-0.1, -0.05) is 12.1 Å². The van der Waals surface area contributed by atoms with Crippen molar-refractivity contribution in [1.29, 1.82) is 0 Å². The molecule has 1 aromatic rings. The van der Waals surface area contributed by atoms with Crippen LogP contribution in [0.25, 0.3) is 0 Å². The van der Waals surface area contributed by atoms with E-state index in [-0.39, 0.29) is 11.8 Å². The Balaban J connectivity index is 3.13. The quantitative estimate of drug-likeness (QED) is 0.806. The Kier molecular flexibility index (Phi) is 3.97. The van der Waals surface area contributed by atoms with Gasteiger partial charge in [-0.25, -0.2) is 0 Å². The lowest BCUT2D eigenvalue weighted by Gasteiger charge is -2.14. The zero-order chi connectivity index (χ0) is 11.4. The highest BCUT2D eigenvalue weighted by Crippen LogP contribution is 2.31. The minimum absolute atomic E-state index is 0.0590. The van der Waals surface area contributed by atoms with Crippen LogP contribution in [0.5, 0.6) is 5.75 Å². The second-order valence-electron chi connectivity index (χ2n) is 3.29. The molecular formula is C11H14ClNO2. The SMILES string of the molecule is COc1c(C)ccc(C)c1NC(=O)CCl. The number of ether oxygens (including phenoxy) is 1. The standard InChI is InChI=1S/C11H14ClNO2/c1-7-4-5-8(2)11(15-3)10(7)13-9(14)6-12/h4-5H,6H2,1-3H3,(H,13,14).